The number of para-hydroxylation sites is 1. The topological polar surface area (TPSA) is 84.7 Å². The minimum Gasteiger partial charge on any atom is -0.496 e. The monoisotopic (exact) mass is 459 g/mol. The summed E-state index contributed by atoms with van der Waals surface area (Å²) >= 11 is 0. The van der Waals surface area contributed by atoms with Crippen molar-refractivity contribution < 1.29 is 14.3 Å². The van der Waals surface area contributed by atoms with Crippen LogP contribution in [0.15, 0.2) is 42.5 Å². The number of hydrogen-bond acceptors (Lipinski definition) is 4. The lowest BCUT2D eigenvalue weighted by molar-refractivity contribution is 0.0979. The number of hydrogen-bond donors (Lipinski definition) is 2. The number of nitrogens with zero attached hydrogens (tertiary/aromatic N) is 1. The summed E-state index contributed by atoms with van der Waals surface area (Å²) in [5, 5.41) is 3.44. The molecule has 2 aromatic carbocycles. The first-order valence-corrected chi connectivity index (χ1v) is 11.1. The van der Waals surface area contributed by atoms with Crippen LogP contribution < -0.4 is 20.7 Å². The van der Waals surface area contributed by atoms with E-state index in [0.717, 1.165) is 67.8 Å². The Kier molecular flexibility index (Phi) is 10.0. The molecule has 1 atom stereocenters. The first-order valence-electron chi connectivity index (χ1n) is 11.1. The molecule has 1 unspecified atom stereocenters. The van der Waals surface area contributed by atoms with Gasteiger partial charge in [-0.15, -0.1) is 12.4 Å². The first kappa shape index (κ1) is 25.7. The summed E-state index contributed by atoms with van der Waals surface area (Å²) in [7, 11) is 1.69. The Labute approximate surface area is 196 Å². The van der Waals surface area contributed by atoms with Crippen LogP contribution in [0.1, 0.15) is 54.1 Å². The minimum absolute atomic E-state index is 0. The van der Waals surface area contributed by atoms with E-state index in [4.69, 9.17) is 10.5 Å². The molecule has 7 heteroatoms. The summed E-state index contributed by atoms with van der Waals surface area (Å²) in [6.07, 6.45) is 4.85. The van der Waals surface area contributed by atoms with E-state index in [-0.39, 0.29) is 24.2 Å². The number of nitrogens with one attached hydrogen (secondary N) is 1. The number of amides is 2. The maximum Gasteiger partial charge on any atom is 0.319 e. The Morgan fingerprint density at radius 1 is 1.16 bits per heavy atom. The molecule has 0 fully saturated rings. The molecule has 6 nitrogen and oxygen atoms in total. The number of fused-ring (bicyclic) bond motifs is 1. The number of halogens is 1. The van der Waals surface area contributed by atoms with Crippen molar-refractivity contribution in [3.63, 3.8) is 0 Å². The van der Waals surface area contributed by atoms with Gasteiger partial charge in [0.05, 0.1) is 7.11 Å². The lowest BCUT2D eigenvalue weighted by Crippen LogP contribution is -2.41. The Morgan fingerprint density at radius 2 is 1.94 bits per heavy atom. The van der Waals surface area contributed by atoms with Crippen molar-refractivity contribution in [2.75, 3.05) is 25.1 Å². The highest BCUT2D eigenvalue weighted by molar-refractivity contribution is 5.99. The van der Waals surface area contributed by atoms with E-state index >= 15 is 0 Å². The van der Waals surface area contributed by atoms with Gasteiger partial charge < -0.3 is 15.8 Å². The number of primary amides is 1. The van der Waals surface area contributed by atoms with Crippen LogP contribution >= 0.6 is 12.4 Å². The molecule has 32 heavy (non-hydrogen) atoms. The van der Waals surface area contributed by atoms with Crippen LogP contribution in [0.5, 0.6) is 5.75 Å². The van der Waals surface area contributed by atoms with Gasteiger partial charge in [0.15, 0.2) is 5.78 Å². The average molecular weight is 460 g/mol. The summed E-state index contributed by atoms with van der Waals surface area (Å²) in [6.45, 7) is 3.81. The molecule has 0 saturated heterocycles. The van der Waals surface area contributed by atoms with Crippen molar-refractivity contribution in [1.29, 1.82) is 0 Å². The van der Waals surface area contributed by atoms with Gasteiger partial charge in [0.2, 0.25) is 0 Å². The maximum atomic E-state index is 12.6. The number of rotatable bonds is 11. The molecular formula is C25H34ClN3O3. The second kappa shape index (κ2) is 12.5. The van der Waals surface area contributed by atoms with Crippen molar-refractivity contribution in [2.45, 2.75) is 51.5 Å². The fourth-order valence-electron chi connectivity index (χ4n) is 4.26. The first-order chi connectivity index (χ1) is 15.0. The van der Waals surface area contributed by atoms with Gasteiger partial charge in [0.1, 0.15) is 5.75 Å². The lowest BCUT2D eigenvalue weighted by atomic mass is 10.0. The smallest absolute Gasteiger partial charge is 0.319 e. The van der Waals surface area contributed by atoms with Gasteiger partial charge in [-0.3, -0.25) is 9.69 Å². The molecular weight excluding hydrogens is 426 g/mol. The Balaban J connectivity index is 0.00000363. The van der Waals surface area contributed by atoms with Gasteiger partial charge in [0, 0.05) is 23.7 Å². The molecule has 2 amide bonds. The summed E-state index contributed by atoms with van der Waals surface area (Å²) in [6, 6.07) is 13.3. The summed E-state index contributed by atoms with van der Waals surface area (Å²) in [5.74, 6) is 1.08. The lowest BCUT2D eigenvalue weighted by Gasteiger charge is -2.22. The van der Waals surface area contributed by atoms with Crippen LogP contribution in [0.4, 0.5) is 10.5 Å². The summed E-state index contributed by atoms with van der Waals surface area (Å²) < 4.78 is 5.38. The Morgan fingerprint density at radius 3 is 2.66 bits per heavy atom. The molecule has 2 aromatic rings. The zero-order valence-electron chi connectivity index (χ0n) is 18.9. The predicted octanol–water partition coefficient (Wildman–Crippen LogP) is 4.52. The van der Waals surface area contributed by atoms with Gasteiger partial charge >= 0.3 is 6.03 Å². The third-order valence-corrected chi connectivity index (χ3v) is 5.96. The second-order valence-corrected chi connectivity index (χ2v) is 8.01. The van der Waals surface area contributed by atoms with E-state index in [1.807, 2.05) is 43.3 Å². The zero-order chi connectivity index (χ0) is 22.2. The number of unbranched alkanes of at least 4 members (excludes halogenated alkanes) is 1. The minimum atomic E-state index is -0.428. The second-order valence-electron chi connectivity index (χ2n) is 8.01. The summed E-state index contributed by atoms with van der Waals surface area (Å²) in [5.41, 5.74) is 9.35. The normalized spacial score (nSPS) is 14.6. The van der Waals surface area contributed by atoms with E-state index in [1.165, 1.54) is 5.56 Å². The quantitative estimate of drug-likeness (QED) is 0.382. The number of anilines is 1. The van der Waals surface area contributed by atoms with Crippen molar-refractivity contribution in [3.05, 3.63) is 59.2 Å². The molecule has 1 heterocycles. The van der Waals surface area contributed by atoms with Crippen LogP contribution in [-0.2, 0) is 12.8 Å². The summed E-state index contributed by atoms with van der Waals surface area (Å²) in [4.78, 5) is 26.1. The fraction of sp³-hybridized carbons (Fsp3) is 0.440. The molecule has 0 radical (unpaired) electrons. The predicted molar refractivity (Wildman–Crippen MR) is 131 cm³/mol. The largest absolute Gasteiger partial charge is 0.496 e. The van der Waals surface area contributed by atoms with Crippen LogP contribution in [0.2, 0.25) is 0 Å². The Hall–Kier alpha value is -2.57. The molecule has 1 aliphatic rings. The molecule has 0 aromatic heterocycles. The van der Waals surface area contributed by atoms with Gasteiger partial charge in [-0.05, 0) is 80.6 Å². The van der Waals surface area contributed by atoms with Crippen LogP contribution in [0, 0.1) is 0 Å². The number of urea groups is 1. The average Bonchev–Trinajstić information content (AvgIpc) is 3.16. The number of carbonyl (C=O) groups is 2. The molecule has 0 bridgehead atoms. The highest BCUT2D eigenvalue weighted by Gasteiger charge is 2.31. The molecule has 1 aliphatic heterocycles. The van der Waals surface area contributed by atoms with Gasteiger partial charge in [0.25, 0.3) is 0 Å². The maximum absolute atomic E-state index is 12.6. The Bertz CT molecular complexity index is 919. The zero-order valence-corrected chi connectivity index (χ0v) is 19.7. The van der Waals surface area contributed by atoms with Crippen molar-refractivity contribution in [3.8, 4) is 5.75 Å². The van der Waals surface area contributed by atoms with Crippen LogP contribution in [0.3, 0.4) is 0 Å². The van der Waals surface area contributed by atoms with E-state index in [9.17, 15) is 9.59 Å². The molecule has 3 N–H and O–H groups in total. The number of ketones is 1. The standard InChI is InChI=1S/C25H33N3O3.ClH/c1-3-21-17-20-16-19(11-12-22(20)28(21)25(26)30)23(29)9-6-7-14-27-15-13-18-8-4-5-10-24(18)31-2;/h4-5,8,10-12,16,21,27H,3,6-7,9,13-15,17H2,1-2H3,(H2,26,30);1H. The highest BCUT2D eigenvalue weighted by atomic mass is 35.5. The number of nitrogens with two attached hydrogens (primary N) is 1. The van der Waals surface area contributed by atoms with Gasteiger partial charge in [-0.2, -0.15) is 0 Å². The molecule has 0 aliphatic carbocycles. The van der Waals surface area contributed by atoms with Gasteiger partial charge in [-0.25, -0.2) is 4.79 Å². The van der Waals surface area contributed by atoms with Crippen LogP contribution in [-0.4, -0.2) is 38.1 Å². The molecule has 0 spiro atoms. The van der Waals surface area contributed by atoms with Crippen molar-refractivity contribution in [2.24, 2.45) is 5.73 Å². The van der Waals surface area contributed by atoms with Crippen LogP contribution in [0.25, 0.3) is 0 Å². The van der Waals surface area contributed by atoms with E-state index in [0.29, 0.717) is 6.42 Å². The number of methoxy groups -OCH3 is 1. The third kappa shape index (κ3) is 6.24. The molecule has 174 valence electrons. The number of carbonyl (C=O) groups excluding carboxylic acids is 2. The van der Waals surface area contributed by atoms with E-state index in [2.05, 4.69) is 11.4 Å². The molecule has 3 rings (SSSR count). The highest BCUT2D eigenvalue weighted by Crippen LogP contribution is 2.34. The number of ether oxygens (including phenoxy) is 1. The van der Waals surface area contributed by atoms with E-state index in [1.54, 1.807) is 12.0 Å². The van der Waals surface area contributed by atoms with Crippen molar-refractivity contribution >= 4 is 29.9 Å². The van der Waals surface area contributed by atoms with Gasteiger partial charge in [-0.1, -0.05) is 25.1 Å². The molecule has 0 saturated carbocycles. The number of benzene rings is 2. The van der Waals surface area contributed by atoms with Crippen molar-refractivity contribution in [1.82, 2.24) is 5.32 Å². The SMILES string of the molecule is CCC1Cc2cc(C(=O)CCCCNCCc3ccccc3OC)ccc2N1C(N)=O.Cl. The van der Waals surface area contributed by atoms with E-state index < -0.39 is 6.03 Å². The third-order valence-electron chi connectivity index (χ3n) is 5.96. The fourth-order valence-corrected chi connectivity index (χ4v) is 4.26. The number of Topliss-reactive ketones (excluding diaryl/α,β-unsaturated/α-hetero) is 1.